The molecule has 1 atom stereocenters. The first-order chi connectivity index (χ1) is 17.8. The molecular formula is C27H33ClN6O3. The summed E-state index contributed by atoms with van der Waals surface area (Å²) in [6, 6.07) is 3.69. The second kappa shape index (κ2) is 10.8. The molecule has 10 heteroatoms. The van der Waals surface area contributed by atoms with Gasteiger partial charge in [-0.05, 0) is 50.7 Å². The Morgan fingerprint density at radius 3 is 2.62 bits per heavy atom. The number of halogens is 1. The summed E-state index contributed by atoms with van der Waals surface area (Å²) >= 11 is 6.34. The van der Waals surface area contributed by atoms with Gasteiger partial charge in [0.25, 0.3) is 0 Å². The fourth-order valence-corrected chi connectivity index (χ4v) is 5.29. The fraction of sp³-hybridized carbons (Fsp3) is 0.519. The summed E-state index contributed by atoms with van der Waals surface area (Å²) in [6.45, 7) is 9.98. The molecule has 4 aromatic heterocycles. The number of rotatable bonds is 8. The van der Waals surface area contributed by atoms with Crippen molar-refractivity contribution < 1.29 is 9.26 Å². The van der Waals surface area contributed by atoms with Gasteiger partial charge < -0.3 is 9.30 Å². The average molecular weight is 525 g/mol. The van der Waals surface area contributed by atoms with Gasteiger partial charge in [0.05, 0.1) is 34.5 Å². The zero-order valence-corrected chi connectivity index (χ0v) is 22.5. The van der Waals surface area contributed by atoms with Crippen molar-refractivity contribution >= 4 is 22.6 Å². The number of fused-ring (bicyclic) bond motifs is 1. The Kier molecular flexibility index (Phi) is 7.44. The molecule has 4 heterocycles. The van der Waals surface area contributed by atoms with E-state index in [0.29, 0.717) is 28.9 Å². The molecule has 1 aliphatic rings. The summed E-state index contributed by atoms with van der Waals surface area (Å²) in [5.74, 6) is 1.96. The van der Waals surface area contributed by atoms with Gasteiger partial charge in [0, 0.05) is 30.4 Å². The lowest BCUT2D eigenvalue weighted by molar-refractivity contribution is 0.0681. The Bertz CT molecular complexity index is 1430. The lowest BCUT2D eigenvalue weighted by Crippen LogP contribution is -2.21. The maximum Gasteiger partial charge on any atom is 0.439 e. The zero-order valence-electron chi connectivity index (χ0n) is 21.7. The first-order valence-electron chi connectivity index (χ1n) is 13.0. The van der Waals surface area contributed by atoms with Crippen molar-refractivity contribution in [1.29, 1.82) is 0 Å². The number of hydrogen-bond donors (Lipinski definition) is 1. The van der Waals surface area contributed by atoms with Crippen LogP contribution in [0.2, 0.25) is 5.02 Å². The molecule has 1 saturated carbocycles. The Morgan fingerprint density at radius 1 is 1.16 bits per heavy atom. The van der Waals surface area contributed by atoms with E-state index in [9.17, 15) is 4.79 Å². The fourth-order valence-electron chi connectivity index (χ4n) is 5.12. The topological polar surface area (TPSA) is 112 Å². The van der Waals surface area contributed by atoms with Crippen molar-refractivity contribution in [3.63, 3.8) is 0 Å². The van der Waals surface area contributed by atoms with Crippen LogP contribution in [0.5, 0.6) is 0 Å². The van der Waals surface area contributed by atoms with E-state index in [0.717, 1.165) is 34.9 Å². The SMILES string of the molecule is CC(C)OCC(C)c1nc2cc(-c3noc(=O)[nH]3)nc(-c3cncc(Cl)c3)c2n1C[C@H]1CC[C@H](C)CC1. The molecule has 0 radical (unpaired) electrons. The zero-order chi connectivity index (χ0) is 26.1. The van der Waals surface area contributed by atoms with E-state index < -0.39 is 5.76 Å². The summed E-state index contributed by atoms with van der Waals surface area (Å²) in [5.41, 5.74) is 3.60. The molecule has 1 fully saturated rings. The van der Waals surface area contributed by atoms with Gasteiger partial charge in [-0.25, -0.2) is 14.8 Å². The summed E-state index contributed by atoms with van der Waals surface area (Å²) in [4.78, 5) is 28.6. The van der Waals surface area contributed by atoms with Crippen molar-refractivity contribution in [2.45, 2.75) is 71.9 Å². The predicted molar refractivity (Wildman–Crippen MR) is 143 cm³/mol. The van der Waals surface area contributed by atoms with Crippen LogP contribution in [-0.2, 0) is 11.3 Å². The van der Waals surface area contributed by atoms with Gasteiger partial charge in [0.15, 0.2) is 0 Å². The lowest BCUT2D eigenvalue weighted by atomic mass is 9.83. The summed E-state index contributed by atoms with van der Waals surface area (Å²) < 4.78 is 13.1. The van der Waals surface area contributed by atoms with Gasteiger partial charge in [0.1, 0.15) is 11.5 Å². The van der Waals surface area contributed by atoms with Gasteiger partial charge >= 0.3 is 5.76 Å². The van der Waals surface area contributed by atoms with Gasteiger partial charge in [0.2, 0.25) is 5.82 Å². The molecule has 0 amide bonds. The van der Waals surface area contributed by atoms with Crippen LogP contribution in [0.4, 0.5) is 0 Å². The van der Waals surface area contributed by atoms with E-state index in [1.165, 1.54) is 25.7 Å². The third kappa shape index (κ3) is 5.62. The highest BCUT2D eigenvalue weighted by Crippen LogP contribution is 2.36. The molecule has 4 aromatic rings. The number of hydrogen-bond acceptors (Lipinski definition) is 7. The molecule has 0 aliphatic heterocycles. The number of pyridine rings is 2. The van der Waals surface area contributed by atoms with E-state index in [-0.39, 0.29) is 17.8 Å². The largest absolute Gasteiger partial charge is 0.439 e. The van der Waals surface area contributed by atoms with Crippen molar-refractivity contribution in [2.24, 2.45) is 11.8 Å². The molecule has 37 heavy (non-hydrogen) atoms. The van der Waals surface area contributed by atoms with Crippen LogP contribution in [0.3, 0.4) is 0 Å². The Balaban J connectivity index is 1.70. The Morgan fingerprint density at radius 2 is 1.95 bits per heavy atom. The number of nitrogens with one attached hydrogen (secondary N) is 1. The standard InChI is InChI=1S/C27H33ClN6O3/c1-15(2)36-14-17(4)26-31-21-10-22(25-32-27(35)37-33-25)30-23(19-9-20(28)12-29-11-19)24(21)34(26)13-18-7-5-16(3)6-8-18/h9-12,15-18H,5-8,13-14H2,1-4H3,(H,32,33,35)/t16-,17?,18-. The average Bonchev–Trinajstić information content (AvgIpc) is 3.47. The third-order valence-electron chi connectivity index (χ3n) is 7.11. The van der Waals surface area contributed by atoms with Gasteiger partial charge in [-0.3, -0.25) is 14.5 Å². The Hall–Kier alpha value is -3.04. The highest BCUT2D eigenvalue weighted by molar-refractivity contribution is 6.30. The highest BCUT2D eigenvalue weighted by atomic mass is 35.5. The maximum atomic E-state index is 11.7. The molecule has 0 saturated heterocycles. The van der Waals surface area contributed by atoms with Gasteiger partial charge in [-0.15, -0.1) is 0 Å². The number of H-pyrrole nitrogens is 1. The molecule has 1 unspecified atom stereocenters. The van der Waals surface area contributed by atoms with Crippen LogP contribution in [0.1, 0.15) is 65.1 Å². The van der Waals surface area contributed by atoms with Gasteiger partial charge in [-0.2, -0.15) is 0 Å². The summed E-state index contributed by atoms with van der Waals surface area (Å²) in [6.07, 6.45) is 8.34. The first-order valence-corrected chi connectivity index (χ1v) is 13.4. The van der Waals surface area contributed by atoms with Crippen LogP contribution in [0.25, 0.3) is 33.8 Å². The molecular weight excluding hydrogens is 492 g/mol. The second-order valence-electron chi connectivity index (χ2n) is 10.5. The number of aromatic amines is 1. The number of ether oxygens (including phenoxy) is 1. The minimum Gasteiger partial charge on any atom is -0.378 e. The Labute approximate surface area is 220 Å². The number of nitrogens with zero attached hydrogens (tertiary/aromatic N) is 5. The summed E-state index contributed by atoms with van der Waals surface area (Å²) in [5, 5.41) is 4.37. The molecule has 1 aliphatic carbocycles. The van der Waals surface area contributed by atoms with Crippen LogP contribution in [0, 0.1) is 11.8 Å². The van der Waals surface area contributed by atoms with E-state index in [2.05, 4.69) is 33.5 Å². The molecule has 0 aromatic carbocycles. The lowest BCUT2D eigenvalue weighted by Gasteiger charge is -2.28. The molecule has 9 nitrogen and oxygen atoms in total. The molecule has 0 spiro atoms. The van der Waals surface area contributed by atoms with Crippen LogP contribution < -0.4 is 5.76 Å². The van der Waals surface area contributed by atoms with E-state index in [1.54, 1.807) is 12.4 Å². The quantitative estimate of drug-likeness (QED) is 0.308. The molecule has 196 valence electrons. The van der Waals surface area contributed by atoms with Crippen molar-refractivity contribution in [2.75, 3.05) is 6.61 Å². The second-order valence-corrected chi connectivity index (χ2v) is 11.0. The molecule has 5 rings (SSSR count). The number of imidazole rings is 1. The number of aromatic nitrogens is 6. The maximum absolute atomic E-state index is 11.7. The summed E-state index contributed by atoms with van der Waals surface area (Å²) in [7, 11) is 0. The van der Waals surface area contributed by atoms with Crippen molar-refractivity contribution in [1.82, 2.24) is 29.7 Å². The minimum atomic E-state index is -0.639. The smallest absolute Gasteiger partial charge is 0.378 e. The van der Waals surface area contributed by atoms with Crippen molar-refractivity contribution in [3.05, 3.63) is 45.9 Å². The molecule has 0 bridgehead atoms. The third-order valence-corrected chi connectivity index (χ3v) is 7.32. The van der Waals surface area contributed by atoms with E-state index >= 15 is 0 Å². The predicted octanol–water partition coefficient (Wildman–Crippen LogP) is 5.84. The van der Waals surface area contributed by atoms with E-state index in [1.807, 2.05) is 26.0 Å². The molecule has 1 N–H and O–H groups in total. The first kappa shape index (κ1) is 25.6. The van der Waals surface area contributed by atoms with E-state index in [4.69, 9.17) is 30.8 Å². The highest BCUT2D eigenvalue weighted by Gasteiger charge is 2.26. The van der Waals surface area contributed by atoms with Crippen LogP contribution in [0.15, 0.2) is 33.8 Å². The van der Waals surface area contributed by atoms with Crippen molar-refractivity contribution in [3.8, 4) is 22.8 Å². The monoisotopic (exact) mass is 524 g/mol. The van der Waals surface area contributed by atoms with Gasteiger partial charge in [-0.1, -0.05) is 43.4 Å². The normalized spacial score (nSPS) is 19.1. The van der Waals surface area contributed by atoms with Crippen LogP contribution >= 0.6 is 11.6 Å². The van der Waals surface area contributed by atoms with Crippen LogP contribution in [-0.4, -0.2) is 42.4 Å². The minimum absolute atomic E-state index is 0.0676.